The molecule has 1 rings (SSSR count). The molecule has 0 radical (unpaired) electrons. The van der Waals surface area contributed by atoms with Gasteiger partial charge in [-0.2, -0.15) is 0 Å². The number of halogens is 1. The van der Waals surface area contributed by atoms with Gasteiger partial charge in [0, 0.05) is 6.54 Å². The monoisotopic (exact) mass is 241 g/mol. The van der Waals surface area contributed by atoms with Crippen LogP contribution in [0, 0.1) is 5.92 Å². The minimum Gasteiger partial charge on any atom is -0.506 e. The third-order valence-electron chi connectivity index (χ3n) is 2.48. The topological polar surface area (TPSA) is 32.3 Å². The van der Waals surface area contributed by atoms with Crippen molar-refractivity contribution < 1.29 is 5.11 Å². The van der Waals surface area contributed by atoms with Gasteiger partial charge in [-0.05, 0) is 43.0 Å². The van der Waals surface area contributed by atoms with Gasteiger partial charge in [0.15, 0.2) is 0 Å². The highest BCUT2D eigenvalue weighted by Crippen LogP contribution is 2.23. The van der Waals surface area contributed by atoms with Crippen LogP contribution < -0.4 is 5.32 Å². The smallest absolute Gasteiger partial charge is 0.134 e. The summed E-state index contributed by atoms with van der Waals surface area (Å²) >= 11 is 5.82. The molecule has 0 spiro atoms. The molecule has 0 fully saturated rings. The van der Waals surface area contributed by atoms with Gasteiger partial charge < -0.3 is 10.4 Å². The molecule has 0 aromatic heterocycles. The van der Waals surface area contributed by atoms with Crippen LogP contribution >= 0.6 is 11.6 Å². The Bertz CT molecular complexity index is 326. The molecule has 0 aliphatic carbocycles. The van der Waals surface area contributed by atoms with Crippen molar-refractivity contribution in [1.29, 1.82) is 0 Å². The van der Waals surface area contributed by atoms with Crippen LogP contribution in [0.3, 0.4) is 0 Å². The summed E-state index contributed by atoms with van der Waals surface area (Å²) in [6, 6.07) is 5.32. The normalized spacial score (nSPS) is 11.0. The highest BCUT2D eigenvalue weighted by Gasteiger charge is 1.99. The van der Waals surface area contributed by atoms with Crippen LogP contribution in [0.2, 0.25) is 5.02 Å². The van der Waals surface area contributed by atoms with Crippen molar-refractivity contribution in [1.82, 2.24) is 5.32 Å². The van der Waals surface area contributed by atoms with Crippen molar-refractivity contribution in [3.63, 3.8) is 0 Å². The summed E-state index contributed by atoms with van der Waals surface area (Å²) in [5, 5.41) is 13.0. The Kier molecular flexibility index (Phi) is 5.64. The maximum Gasteiger partial charge on any atom is 0.134 e. The predicted molar refractivity (Wildman–Crippen MR) is 68.9 cm³/mol. The Morgan fingerprint density at radius 1 is 1.38 bits per heavy atom. The van der Waals surface area contributed by atoms with Crippen molar-refractivity contribution in [2.75, 3.05) is 6.54 Å². The van der Waals surface area contributed by atoms with E-state index in [0.29, 0.717) is 5.02 Å². The van der Waals surface area contributed by atoms with Gasteiger partial charge in [0.1, 0.15) is 5.75 Å². The van der Waals surface area contributed by atoms with E-state index in [-0.39, 0.29) is 5.75 Å². The van der Waals surface area contributed by atoms with Gasteiger partial charge >= 0.3 is 0 Å². The van der Waals surface area contributed by atoms with Crippen molar-refractivity contribution in [3.05, 3.63) is 28.8 Å². The first-order chi connectivity index (χ1) is 7.59. The molecule has 2 N–H and O–H groups in total. The lowest BCUT2D eigenvalue weighted by atomic mass is 10.1. The van der Waals surface area contributed by atoms with E-state index in [0.717, 1.165) is 24.6 Å². The second-order valence-electron chi connectivity index (χ2n) is 4.50. The molecule has 0 saturated heterocycles. The predicted octanol–water partition coefficient (Wildman–Crippen LogP) is 3.57. The number of aromatic hydroxyl groups is 1. The maximum absolute atomic E-state index is 9.26. The first-order valence-electron chi connectivity index (χ1n) is 5.77. The summed E-state index contributed by atoms with van der Waals surface area (Å²) in [5.41, 5.74) is 1.10. The summed E-state index contributed by atoms with van der Waals surface area (Å²) in [6.07, 6.45) is 2.45. The first-order valence-corrected chi connectivity index (χ1v) is 6.15. The molecule has 0 atom stereocenters. The number of phenolic OH excluding ortho intramolecular Hbond substituents is 1. The Balaban J connectivity index is 2.24. The molecule has 0 unspecified atom stereocenters. The summed E-state index contributed by atoms with van der Waals surface area (Å²) in [5.74, 6) is 0.912. The summed E-state index contributed by atoms with van der Waals surface area (Å²) in [7, 11) is 0. The standard InChI is InChI=1S/C13H20ClNO/c1-10(2)4-3-7-15-9-11-5-6-13(16)12(14)8-11/h5-6,8,10,15-16H,3-4,7,9H2,1-2H3. The number of hydrogen-bond acceptors (Lipinski definition) is 2. The molecule has 0 aliphatic rings. The van der Waals surface area contributed by atoms with Crippen LogP contribution in [-0.2, 0) is 6.54 Å². The highest BCUT2D eigenvalue weighted by molar-refractivity contribution is 6.32. The number of hydrogen-bond donors (Lipinski definition) is 2. The molecule has 1 aromatic carbocycles. The van der Waals surface area contributed by atoms with E-state index >= 15 is 0 Å². The molecule has 2 nitrogen and oxygen atoms in total. The zero-order valence-electron chi connectivity index (χ0n) is 9.96. The molecule has 0 aliphatic heterocycles. The molecule has 90 valence electrons. The number of benzene rings is 1. The molecule has 0 bridgehead atoms. The van der Waals surface area contributed by atoms with Gasteiger partial charge in [-0.25, -0.2) is 0 Å². The van der Waals surface area contributed by atoms with Crippen molar-refractivity contribution in [3.8, 4) is 5.75 Å². The fourth-order valence-corrected chi connectivity index (χ4v) is 1.73. The maximum atomic E-state index is 9.26. The fourth-order valence-electron chi connectivity index (χ4n) is 1.53. The van der Waals surface area contributed by atoms with E-state index < -0.39 is 0 Å². The molecule has 0 saturated carbocycles. The molecular formula is C13H20ClNO. The third-order valence-corrected chi connectivity index (χ3v) is 2.78. The van der Waals surface area contributed by atoms with Crippen LogP contribution in [0.5, 0.6) is 5.75 Å². The minimum absolute atomic E-state index is 0.144. The number of phenols is 1. The molecular weight excluding hydrogens is 222 g/mol. The lowest BCUT2D eigenvalue weighted by Gasteiger charge is -2.07. The Morgan fingerprint density at radius 3 is 2.75 bits per heavy atom. The quantitative estimate of drug-likeness (QED) is 0.747. The Hall–Kier alpha value is -0.730. The van der Waals surface area contributed by atoms with E-state index in [1.807, 2.05) is 6.07 Å². The van der Waals surface area contributed by atoms with Gasteiger partial charge in [-0.1, -0.05) is 31.5 Å². The van der Waals surface area contributed by atoms with Crippen molar-refractivity contribution in [2.45, 2.75) is 33.2 Å². The zero-order chi connectivity index (χ0) is 12.0. The van der Waals surface area contributed by atoms with Gasteiger partial charge in [-0.3, -0.25) is 0 Å². The van der Waals surface area contributed by atoms with Crippen LogP contribution in [0.4, 0.5) is 0 Å². The second-order valence-corrected chi connectivity index (χ2v) is 4.91. The van der Waals surface area contributed by atoms with Crippen molar-refractivity contribution in [2.24, 2.45) is 5.92 Å². The minimum atomic E-state index is 0.144. The molecule has 16 heavy (non-hydrogen) atoms. The van der Waals surface area contributed by atoms with Crippen LogP contribution in [0.15, 0.2) is 18.2 Å². The Labute approximate surface area is 103 Å². The lowest BCUT2D eigenvalue weighted by molar-refractivity contribution is 0.475. The number of rotatable bonds is 6. The third kappa shape index (κ3) is 4.86. The average molecular weight is 242 g/mol. The number of nitrogens with one attached hydrogen (secondary N) is 1. The summed E-state index contributed by atoms with van der Waals surface area (Å²) < 4.78 is 0. The highest BCUT2D eigenvalue weighted by atomic mass is 35.5. The second kappa shape index (κ2) is 6.77. The van der Waals surface area contributed by atoms with Gasteiger partial charge in [0.2, 0.25) is 0 Å². The van der Waals surface area contributed by atoms with Gasteiger partial charge in [0.05, 0.1) is 5.02 Å². The SMILES string of the molecule is CC(C)CCCNCc1ccc(O)c(Cl)c1. The molecule has 3 heteroatoms. The van der Waals surface area contributed by atoms with Crippen LogP contribution in [0.25, 0.3) is 0 Å². The van der Waals surface area contributed by atoms with E-state index in [1.54, 1.807) is 12.1 Å². The van der Waals surface area contributed by atoms with Crippen LogP contribution in [-0.4, -0.2) is 11.7 Å². The van der Waals surface area contributed by atoms with E-state index in [4.69, 9.17) is 11.6 Å². The summed E-state index contributed by atoms with van der Waals surface area (Å²) in [4.78, 5) is 0. The lowest BCUT2D eigenvalue weighted by Crippen LogP contribution is -2.15. The van der Waals surface area contributed by atoms with E-state index in [2.05, 4.69) is 19.2 Å². The van der Waals surface area contributed by atoms with Crippen molar-refractivity contribution >= 4 is 11.6 Å². The zero-order valence-corrected chi connectivity index (χ0v) is 10.7. The molecule has 1 aromatic rings. The molecule has 0 heterocycles. The largest absolute Gasteiger partial charge is 0.506 e. The Morgan fingerprint density at radius 2 is 2.12 bits per heavy atom. The van der Waals surface area contributed by atoms with Gasteiger partial charge in [-0.15, -0.1) is 0 Å². The van der Waals surface area contributed by atoms with Crippen LogP contribution in [0.1, 0.15) is 32.3 Å². The van der Waals surface area contributed by atoms with Gasteiger partial charge in [0.25, 0.3) is 0 Å². The van der Waals surface area contributed by atoms with E-state index in [1.165, 1.54) is 12.8 Å². The first kappa shape index (κ1) is 13.3. The molecule has 0 amide bonds. The van der Waals surface area contributed by atoms with E-state index in [9.17, 15) is 5.11 Å². The summed E-state index contributed by atoms with van der Waals surface area (Å²) in [6.45, 7) is 6.30. The average Bonchev–Trinajstić information content (AvgIpc) is 2.22. The fraction of sp³-hybridized carbons (Fsp3) is 0.538.